The molecule has 1 fully saturated rings. The molecule has 3 heterocycles. The highest BCUT2D eigenvalue weighted by Crippen LogP contribution is 2.30. The first-order chi connectivity index (χ1) is 14.5. The summed E-state index contributed by atoms with van der Waals surface area (Å²) >= 11 is 0. The number of aryl methyl sites for hydroxylation is 2. The molecule has 8 heteroatoms. The normalized spacial score (nSPS) is 14.8. The Morgan fingerprint density at radius 2 is 1.90 bits per heavy atom. The van der Waals surface area contributed by atoms with Gasteiger partial charge in [-0.05, 0) is 56.7 Å². The van der Waals surface area contributed by atoms with Gasteiger partial charge in [-0.1, -0.05) is 25.5 Å². The van der Waals surface area contributed by atoms with Crippen molar-refractivity contribution in [3.05, 3.63) is 35.8 Å². The minimum atomic E-state index is 0.296. The van der Waals surface area contributed by atoms with E-state index in [4.69, 9.17) is 9.72 Å². The minimum absolute atomic E-state index is 0.296. The number of hydrogen-bond donors (Lipinski definition) is 1. The maximum atomic E-state index is 6.20. The van der Waals surface area contributed by atoms with E-state index in [0.29, 0.717) is 29.5 Å². The quantitative estimate of drug-likeness (QED) is 0.641. The van der Waals surface area contributed by atoms with E-state index in [1.807, 2.05) is 32.2 Å². The highest BCUT2D eigenvalue weighted by molar-refractivity contribution is 5.71. The Morgan fingerprint density at radius 1 is 1.10 bits per heavy atom. The molecule has 3 aromatic rings. The Bertz CT molecular complexity index is 1010. The molecule has 30 heavy (non-hydrogen) atoms. The van der Waals surface area contributed by atoms with Crippen molar-refractivity contribution in [3.8, 4) is 17.1 Å². The lowest BCUT2D eigenvalue weighted by molar-refractivity contribution is 0.153. The van der Waals surface area contributed by atoms with Crippen molar-refractivity contribution in [2.45, 2.75) is 64.9 Å². The van der Waals surface area contributed by atoms with Gasteiger partial charge in [0.15, 0.2) is 11.5 Å². The molecule has 4 rings (SSSR count). The lowest BCUT2D eigenvalue weighted by Gasteiger charge is -2.23. The fourth-order valence-electron chi connectivity index (χ4n) is 3.70. The zero-order valence-electron chi connectivity index (χ0n) is 18.1. The van der Waals surface area contributed by atoms with E-state index in [1.54, 1.807) is 10.9 Å². The van der Waals surface area contributed by atoms with Crippen molar-refractivity contribution in [2.75, 3.05) is 5.32 Å². The zero-order chi connectivity index (χ0) is 21.1. The fraction of sp³-hybridized carbons (Fsp3) is 0.500. The summed E-state index contributed by atoms with van der Waals surface area (Å²) in [6.45, 7) is 6.18. The van der Waals surface area contributed by atoms with Gasteiger partial charge < -0.3 is 10.1 Å². The van der Waals surface area contributed by atoms with E-state index in [-0.39, 0.29) is 0 Å². The second kappa shape index (κ2) is 8.77. The zero-order valence-corrected chi connectivity index (χ0v) is 18.1. The van der Waals surface area contributed by atoms with Crippen LogP contribution in [0.1, 0.15) is 63.3 Å². The summed E-state index contributed by atoms with van der Waals surface area (Å²) in [5.74, 6) is 2.38. The van der Waals surface area contributed by atoms with E-state index in [9.17, 15) is 0 Å². The van der Waals surface area contributed by atoms with Gasteiger partial charge in [0.2, 0.25) is 5.95 Å². The summed E-state index contributed by atoms with van der Waals surface area (Å²) < 4.78 is 7.88. The first kappa shape index (κ1) is 20.3. The summed E-state index contributed by atoms with van der Waals surface area (Å²) in [5.41, 5.74) is 3.22. The van der Waals surface area contributed by atoms with Gasteiger partial charge in [-0.3, -0.25) is 0 Å². The predicted molar refractivity (Wildman–Crippen MR) is 116 cm³/mol. The van der Waals surface area contributed by atoms with Gasteiger partial charge in [-0.15, -0.1) is 5.10 Å². The largest absolute Gasteiger partial charge is 0.489 e. The van der Waals surface area contributed by atoms with Crippen LogP contribution >= 0.6 is 0 Å². The second-order valence-corrected chi connectivity index (χ2v) is 8.15. The topological polar surface area (TPSA) is 90.6 Å². The maximum absolute atomic E-state index is 6.20. The van der Waals surface area contributed by atoms with Crippen molar-refractivity contribution in [1.29, 1.82) is 0 Å². The number of nitrogens with zero attached hydrogens (tertiary/aromatic N) is 6. The number of ether oxygens (including phenoxy) is 1. The van der Waals surface area contributed by atoms with Gasteiger partial charge in [0.1, 0.15) is 5.75 Å². The summed E-state index contributed by atoms with van der Waals surface area (Å²) in [6.07, 6.45) is 8.08. The summed E-state index contributed by atoms with van der Waals surface area (Å²) in [5, 5.41) is 11.7. The van der Waals surface area contributed by atoms with Gasteiger partial charge in [-0.2, -0.15) is 0 Å². The van der Waals surface area contributed by atoms with Gasteiger partial charge in [0, 0.05) is 18.9 Å². The number of rotatable bonds is 6. The van der Waals surface area contributed by atoms with E-state index in [2.05, 4.69) is 39.4 Å². The molecule has 0 spiro atoms. The molecular weight excluding hydrogens is 378 g/mol. The Balaban J connectivity index is 1.57. The van der Waals surface area contributed by atoms with Crippen molar-refractivity contribution in [3.63, 3.8) is 0 Å². The smallest absolute Gasteiger partial charge is 0.228 e. The van der Waals surface area contributed by atoms with Crippen molar-refractivity contribution < 1.29 is 4.74 Å². The first-order valence-electron chi connectivity index (χ1n) is 10.7. The van der Waals surface area contributed by atoms with Crippen LogP contribution in [0.25, 0.3) is 11.4 Å². The molecule has 8 nitrogen and oxygen atoms in total. The van der Waals surface area contributed by atoms with Crippen LogP contribution < -0.4 is 10.1 Å². The Kier molecular flexibility index (Phi) is 5.92. The van der Waals surface area contributed by atoms with Crippen LogP contribution in [0.3, 0.4) is 0 Å². The molecule has 0 aliphatic heterocycles. The van der Waals surface area contributed by atoms with Crippen LogP contribution in [0.15, 0.2) is 24.4 Å². The highest BCUT2D eigenvalue weighted by Gasteiger charge is 2.19. The molecule has 0 saturated heterocycles. The predicted octanol–water partition coefficient (Wildman–Crippen LogP) is 4.55. The molecule has 1 aliphatic carbocycles. The highest BCUT2D eigenvalue weighted by atomic mass is 16.5. The average Bonchev–Trinajstić information content (AvgIpc) is 3.11. The third kappa shape index (κ3) is 4.42. The molecular formula is C22H29N7O. The summed E-state index contributed by atoms with van der Waals surface area (Å²) in [6, 6.07) is 5.85. The maximum Gasteiger partial charge on any atom is 0.228 e. The van der Waals surface area contributed by atoms with E-state index >= 15 is 0 Å². The number of pyridine rings is 1. The van der Waals surface area contributed by atoms with Crippen molar-refractivity contribution >= 4 is 11.8 Å². The van der Waals surface area contributed by atoms with Crippen LogP contribution in [0.2, 0.25) is 0 Å². The van der Waals surface area contributed by atoms with E-state index in [1.165, 1.54) is 19.3 Å². The minimum Gasteiger partial charge on any atom is -0.489 e. The molecule has 1 aliphatic rings. The number of aromatic nitrogens is 6. The van der Waals surface area contributed by atoms with E-state index < -0.39 is 0 Å². The van der Waals surface area contributed by atoms with Gasteiger partial charge >= 0.3 is 0 Å². The number of nitrogens with one attached hydrogen (secondary N) is 1. The first-order valence-corrected chi connectivity index (χ1v) is 10.7. The van der Waals surface area contributed by atoms with E-state index in [0.717, 1.165) is 35.7 Å². The van der Waals surface area contributed by atoms with Crippen LogP contribution in [0.4, 0.5) is 11.8 Å². The summed E-state index contributed by atoms with van der Waals surface area (Å²) in [4.78, 5) is 13.7. The number of hydrogen-bond acceptors (Lipinski definition) is 7. The molecule has 0 bridgehead atoms. The molecule has 0 aromatic carbocycles. The lowest BCUT2D eigenvalue weighted by atomic mass is 9.98. The molecule has 1 N–H and O–H groups in total. The van der Waals surface area contributed by atoms with Gasteiger partial charge in [-0.25, -0.2) is 19.6 Å². The van der Waals surface area contributed by atoms with Gasteiger partial charge in [0.25, 0.3) is 0 Å². The number of anilines is 2. The molecule has 0 atom stereocenters. The standard InChI is InChI=1S/C22H29N7O/c1-14(2)17-12-13-23-22(25-17)26-21-20(27-28-29(21)4)18-10-11-19(15(3)24-18)30-16-8-6-5-7-9-16/h10-14,16H,5-9H2,1-4H3,(H,23,25,26). The van der Waals surface area contributed by atoms with Crippen LogP contribution in [-0.2, 0) is 7.05 Å². The Morgan fingerprint density at radius 3 is 2.63 bits per heavy atom. The monoisotopic (exact) mass is 407 g/mol. The molecule has 0 radical (unpaired) electrons. The third-order valence-electron chi connectivity index (χ3n) is 5.45. The van der Waals surface area contributed by atoms with Crippen LogP contribution in [-0.4, -0.2) is 36.0 Å². The van der Waals surface area contributed by atoms with Crippen LogP contribution in [0, 0.1) is 6.92 Å². The van der Waals surface area contributed by atoms with Crippen LogP contribution in [0.5, 0.6) is 5.75 Å². The second-order valence-electron chi connectivity index (χ2n) is 8.15. The molecule has 0 unspecified atom stereocenters. The SMILES string of the molecule is Cc1nc(-c2nnn(C)c2Nc2nccc(C(C)C)n2)ccc1OC1CCCCC1. The molecule has 158 valence electrons. The fourth-order valence-corrected chi connectivity index (χ4v) is 3.70. The Labute approximate surface area is 177 Å². The Hall–Kier alpha value is -3.03. The molecule has 3 aromatic heterocycles. The van der Waals surface area contributed by atoms with Crippen molar-refractivity contribution in [1.82, 2.24) is 29.9 Å². The lowest BCUT2D eigenvalue weighted by Crippen LogP contribution is -2.20. The summed E-state index contributed by atoms with van der Waals surface area (Å²) in [7, 11) is 1.83. The van der Waals surface area contributed by atoms with Gasteiger partial charge in [0.05, 0.1) is 17.5 Å². The molecule has 1 saturated carbocycles. The molecule has 0 amide bonds. The van der Waals surface area contributed by atoms with Crippen molar-refractivity contribution in [2.24, 2.45) is 7.05 Å². The third-order valence-corrected chi connectivity index (χ3v) is 5.45. The average molecular weight is 408 g/mol.